The Labute approximate surface area is 115 Å². The van der Waals surface area contributed by atoms with Crippen LogP contribution in [0.4, 0.5) is 4.39 Å². The molecule has 0 aliphatic carbocycles. The fourth-order valence-electron chi connectivity index (χ4n) is 1.75. The Morgan fingerprint density at radius 1 is 1.35 bits per heavy atom. The molecule has 1 aromatic carbocycles. The molecule has 0 amide bonds. The van der Waals surface area contributed by atoms with Crippen LogP contribution in [0.25, 0.3) is 0 Å². The standard InChI is InChI=1S/C14H16FN3O2/c15-11-5-1-2-6-12(11)20-9-13-17-10(4-3-7-16)8-14(19)18-13/h1-2,5-6,8H,3-4,7,9,16H2,(H,17,18,19). The van der Waals surface area contributed by atoms with Crippen molar-refractivity contribution in [3.63, 3.8) is 0 Å². The van der Waals surface area contributed by atoms with Gasteiger partial charge in [0.25, 0.3) is 5.56 Å². The molecule has 0 aliphatic heterocycles. The summed E-state index contributed by atoms with van der Waals surface area (Å²) >= 11 is 0. The molecule has 0 spiro atoms. The Hall–Kier alpha value is -2.21. The molecule has 0 saturated carbocycles. The largest absolute Gasteiger partial charge is 0.483 e. The molecule has 106 valence electrons. The zero-order valence-corrected chi connectivity index (χ0v) is 10.9. The van der Waals surface area contributed by atoms with Gasteiger partial charge in [-0.15, -0.1) is 0 Å². The first-order chi connectivity index (χ1) is 9.69. The predicted molar refractivity (Wildman–Crippen MR) is 73.0 cm³/mol. The Morgan fingerprint density at radius 2 is 2.15 bits per heavy atom. The maximum absolute atomic E-state index is 13.4. The number of para-hydroxylation sites is 1. The quantitative estimate of drug-likeness (QED) is 0.835. The first-order valence-corrected chi connectivity index (χ1v) is 6.35. The molecular formula is C14H16FN3O2. The highest BCUT2D eigenvalue weighted by atomic mass is 19.1. The smallest absolute Gasteiger partial charge is 0.251 e. The van der Waals surface area contributed by atoms with Crippen LogP contribution >= 0.6 is 0 Å². The molecule has 20 heavy (non-hydrogen) atoms. The summed E-state index contributed by atoms with van der Waals surface area (Å²) in [6, 6.07) is 7.51. The van der Waals surface area contributed by atoms with E-state index in [1.807, 2.05) is 0 Å². The number of ether oxygens (including phenoxy) is 1. The fourth-order valence-corrected chi connectivity index (χ4v) is 1.75. The summed E-state index contributed by atoms with van der Waals surface area (Å²) in [5.74, 6) is 0.0458. The number of aromatic nitrogens is 2. The van der Waals surface area contributed by atoms with Crippen molar-refractivity contribution in [3.8, 4) is 5.75 Å². The number of rotatable bonds is 6. The molecule has 0 saturated heterocycles. The number of halogens is 1. The van der Waals surface area contributed by atoms with Crippen molar-refractivity contribution in [2.45, 2.75) is 19.4 Å². The van der Waals surface area contributed by atoms with Crippen molar-refractivity contribution >= 4 is 0 Å². The molecule has 0 aliphatic rings. The first-order valence-electron chi connectivity index (χ1n) is 6.35. The molecule has 0 fully saturated rings. The fraction of sp³-hybridized carbons (Fsp3) is 0.286. The van der Waals surface area contributed by atoms with E-state index in [0.717, 1.165) is 6.42 Å². The van der Waals surface area contributed by atoms with Gasteiger partial charge >= 0.3 is 0 Å². The zero-order valence-electron chi connectivity index (χ0n) is 10.9. The lowest BCUT2D eigenvalue weighted by molar-refractivity contribution is 0.280. The van der Waals surface area contributed by atoms with E-state index in [-0.39, 0.29) is 17.9 Å². The highest BCUT2D eigenvalue weighted by Crippen LogP contribution is 2.16. The topological polar surface area (TPSA) is 81.0 Å². The summed E-state index contributed by atoms with van der Waals surface area (Å²) in [6.07, 6.45) is 1.39. The third-order valence-corrected chi connectivity index (χ3v) is 2.68. The van der Waals surface area contributed by atoms with Crippen LogP contribution in [0.5, 0.6) is 5.75 Å². The molecule has 1 heterocycles. The highest BCUT2D eigenvalue weighted by Gasteiger charge is 2.05. The van der Waals surface area contributed by atoms with E-state index in [4.69, 9.17) is 10.5 Å². The predicted octanol–water partition coefficient (Wildman–Crippen LogP) is 1.38. The van der Waals surface area contributed by atoms with E-state index >= 15 is 0 Å². The summed E-state index contributed by atoms with van der Waals surface area (Å²) in [6.45, 7) is 0.544. The normalized spacial score (nSPS) is 10.5. The van der Waals surface area contributed by atoms with Gasteiger partial charge in [-0.3, -0.25) is 4.79 Å². The van der Waals surface area contributed by atoms with Gasteiger partial charge < -0.3 is 15.5 Å². The van der Waals surface area contributed by atoms with Crippen LogP contribution in [0.1, 0.15) is 17.9 Å². The minimum atomic E-state index is -0.450. The average Bonchev–Trinajstić information content (AvgIpc) is 2.44. The van der Waals surface area contributed by atoms with E-state index < -0.39 is 5.82 Å². The monoisotopic (exact) mass is 277 g/mol. The molecule has 1 aromatic heterocycles. The maximum atomic E-state index is 13.4. The van der Waals surface area contributed by atoms with Crippen molar-refractivity contribution < 1.29 is 9.13 Å². The number of nitrogens with two attached hydrogens (primary N) is 1. The molecule has 0 unspecified atom stereocenters. The average molecular weight is 277 g/mol. The first kappa shape index (κ1) is 14.2. The van der Waals surface area contributed by atoms with Crippen LogP contribution in [-0.4, -0.2) is 16.5 Å². The summed E-state index contributed by atoms with van der Waals surface area (Å²) < 4.78 is 18.7. The minimum Gasteiger partial charge on any atom is -0.483 e. The van der Waals surface area contributed by atoms with E-state index in [9.17, 15) is 9.18 Å². The van der Waals surface area contributed by atoms with Gasteiger partial charge in [0.2, 0.25) is 0 Å². The van der Waals surface area contributed by atoms with E-state index in [1.54, 1.807) is 12.1 Å². The van der Waals surface area contributed by atoms with Gasteiger partial charge in [0, 0.05) is 11.8 Å². The zero-order chi connectivity index (χ0) is 14.4. The van der Waals surface area contributed by atoms with Crippen molar-refractivity contribution in [1.29, 1.82) is 0 Å². The van der Waals surface area contributed by atoms with Gasteiger partial charge in [0.1, 0.15) is 12.4 Å². The second kappa shape index (κ2) is 6.81. The molecule has 2 rings (SSSR count). The second-order valence-electron chi connectivity index (χ2n) is 4.29. The number of aromatic amines is 1. The number of nitrogens with zero attached hydrogens (tertiary/aromatic N) is 1. The molecule has 0 radical (unpaired) electrons. The number of H-pyrrole nitrogens is 1. The van der Waals surface area contributed by atoms with Crippen LogP contribution in [-0.2, 0) is 13.0 Å². The summed E-state index contributed by atoms with van der Waals surface area (Å²) in [5.41, 5.74) is 5.83. The molecule has 6 heteroatoms. The van der Waals surface area contributed by atoms with Crippen molar-refractivity contribution in [2.75, 3.05) is 6.54 Å². The maximum Gasteiger partial charge on any atom is 0.251 e. The van der Waals surface area contributed by atoms with E-state index in [0.29, 0.717) is 24.5 Å². The Morgan fingerprint density at radius 3 is 2.90 bits per heavy atom. The molecule has 0 bridgehead atoms. The van der Waals surface area contributed by atoms with Crippen LogP contribution in [0, 0.1) is 5.82 Å². The van der Waals surface area contributed by atoms with Crippen molar-refractivity contribution in [1.82, 2.24) is 9.97 Å². The lowest BCUT2D eigenvalue weighted by Gasteiger charge is -2.07. The number of hydrogen-bond donors (Lipinski definition) is 2. The van der Waals surface area contributed by atoms with Gasteiger partial charge in [-0.1, -0.05) is 12.1 Å². The Kier molecular flexibility index (Phi) is 4.84. The van der Waals surface area contributed by atoms with Crippen molar-refractivity contribution in [3.05, 3.63) is 58.0 Å². The van der Waals surface area contributed by atoms with Crippen molar-refractivity contribution in [2.24, 2.45) is 5.73 Å². The van der Waals surface area contributed by atoms with Gasteiger partial charge in [-0.05, 0) is 31.5 Å². The molecule has 5 nitrogen and oxygen atoms in total. The highest BCUT2D eigenvalue weighted by molar-refractivity contribution is 5.23. The van der Waals surface area contributed by atoms with Gasteiger partial charge in [0.05, 0.1) is 0 Å². The third-order valence-electron chi connectivity index (χ3n) is 2.68. The van der Waals surface area contributed by atoms with Gasteiger partial charge in [-0.2, -0.15) is 0 Å². The molecule has 0 atom stereocenters. The van der Waals surface area contributed by atoms with Gasteiger partial charge in [0.15, 0.2) is 11.6 Å². The minimum absolute atomic E-state index is 0.00659. The Bertz CT molecular complexity index is 628. The number of benzene rings is 1. The van der Waals surface area contributed by atoms with E-state index in [2.05, 4.69) is 9.97 Å². The lowest BCUT2D eigenvalue weighted by atomic mass is 10.2. The van der Waals surface area contributed by atoms with Crippen LogP contribution < -0.4 is 16.0 Å². The Balaban J connectivity index is 2.07. The SMILES string of the molecule is NCCCc1cc(=O)[nH]c(COc2ccccc2F)n1. The number of aryl methyl sites for hydroxylation is 1. The van der Waals surface area contributed by atoms with Crippen LogP contribution in [0.15, 0.2) is 35.1 Å². The molecule has 3 N–H and O–H groups in total. The summed E-state index contributed by atoms with van der Waals surface area (Å²) in [5, 5.41) is 0. The number of nitrogens with one attached hydrogen (secondary N) is 1. The second-order valence-corrected chi connectivity index (χ2v) is 4.29. The summed E-state index contributed by atoms with van der Waals surface area (Å²) in [4.78, 5) is 18.3. The van der Waals surface area contributed by atoms with Crippen LogP contribution in [0.3, 0.4) is 0 Å². The van der Waals surface area contributed by atoms with E-state index in [1.165, 1.54) is 18.2 Å². The van der Waals surface area contributed by atoms with Crippen LogP contribution in [0.2, 0.25) is 0 Å². The summed E-state index contributed by atoms with van der Waals surface area (Å²) in [7, 11) is 0. The number of hydrogen-bond acceptors (Lipinski definition) is 4. The third kappa shape index (κ3) is 3.89. The molecular weight excluding hydrogens is 261 g/mol. The molecule has 2 aromatic rings. The van der Waals surface area contributed by atoms with Gasteiger partial charge in [-0.25, -0.2) is 9.37 Å². The lowest BCUT2D eigenvalue weighted by Crippen LogP contribution is -2.15.